The molecule has 85 valence electrons. The lowest BCUT2D eigenvalue weighted by atomic mass is 10.6. The minimum absolute atomic E-state index is 0.304. The molecule has 0 aliphatic heterocycles. The molecule has 0 aliphatic carbocycles. The summed E-state index contributed by atoms with van der Waals surface area (Å²) in [6.07, 6.45) is -0.304. The molecule has 14 heavy (non-hydrogen) atoms. The highest BCUT2D eigenvalue weighted by Gasteiger charge is 2.07. The average molecular weight is 205 g/mol. The van der Waals surface area contributed by atoms with E-state index in [1.807, 2.05) is 13.8 Å². The summed E-state index contributed by atoms with van der Waals surface area (Å²) in [7, 11) is 0. The van der Waals surface area contributed by atoms with E-state index in [0.717, 1.165) is 0 Å². The van der Waals surface area contributed by atoms with Crippen LogP contribution in [0.3, 0.4) is 0 Å². The van der Waals surface area contributed by atoms with Crippen LogP contribution >= 0.6 is 0 Å². The van der Waals surface area contributed by atoms with E-state index in [9.17, 15) is 0 Å². The SMILES string of the molecule is [CH2]COCC(OCC)OCCOCC. The predicted octanol–water partition coefficient (Wildman–Crippen LogP) is 1.25. The third-order valence-corrected chi connectivity index (χ3v) is 1.49. The lowest BCUT2D eigenvalue weighted by molar-refractivity contribution is -0.174. The molecular weight excluding hydrogens is 184 g/mol. The number of hydrogen-bond donors (Lipinski definition) is 0. The number of rotatable bonds is 10. The molecule has 0 amide bonds. The van der Waals surface area contributed by atoms with Gasteiger partial charge in [0.05, 0.1) is 19.8 Å². The molecule has 0 aromatic carbocycles. The Morgan fingerprint density at radius 2 is 1.79 bits per heavy atom. The molecule has 0 rings (SSSR count). The maximum Gasteiger partial charge on any atom is 0.180 e. The normalized spacial score (nSPS) is 13.1. The van der Waals surface area contributed by atoms with Gasteiger partial charge in [-0.3, -0.25) is 0 Å². The van der Waals surface area contributed by atoms with Crippen LogP contribution in [0.4, 0.5) is 0 Å². The minimum atomic E-state index is -0.304. The molecule has 0 bridgehead atoms. The summed E-state index contributed by atoms with van der Waals surface area (Å²) in [5, 5.41) is 0. The minimum Gasteiger partial charge on any atom is -0.379 e. The Hall–Kier alpha value is -0.160. The van der Waals surface area contributed by atoms with E-state index < -0.39 is 0 Å². The maximum absolute atomic E-state index is 5.39. The van der Waals surface area contributed by atoms with Gasteiger partial charge in [0.25, 0.3) is 0 Å². The first-order valence-electron chi connectivity index (χ1n) is 5.03. The molecule has 0 aromatic heterocycles. The van der Waals surface area contributed by atoms with Crippen molar-refractivity contribution in [1.82, 2.24) is 0 Å². The molecule has 4 nitrogen and oxygen atoms in total. The highest BCUT2D eigenvalue weighted by molar-refractivity contribution is 4.43. The van der Waals surface area contributed by atoms with Gasteiger partial charge in [-0.2, -0.15) is 0 Å². The number of hydrogen-bond acceptors (Lipinski definition) is 4. The first kappa shape index (κ1) is 13.8. The average Bonchev–Trinajstić information content (AvgIpc) is 2.20. The van der Waals surface area contributed by atoms with Gasteiger partial charge in [0.2, 0.25) is 0 Å². The summed E-state index contributed by atoms with van der Waals surface area (Å²) < 4.78 is 20.9. The van der Waals surface area contributed by atoms with E-state index >= 15 is 0 Å². The van der Waals surface area contributed by atoms with E-state index in [2.05, 4.69) is 6.92 Å². The van der Waals surface area contributed by atoms with E-state index in [1.165, 1.54) is 0 Å². The monoisotopic (exact) mass is 205 g/mol. The zero-order valence-electron chi connectivity index (χ0n) is 9.16. The van der Waals surface area contributed by atoms with Gasteiger partial charge in [-0.05, 0) is 20.8 Å². The van der Waals surface area contributed by atoms with Crippen molar-refractivity contribution >= 4 is 0 Å². The van der Waals surface area contributed by atoms with Gasteiger partial charge in [0.1, 0.15) is 0 Å². The molecule has 1 unspecified atom stereocenters. The fourth-order valence-electron chi connectivity index (χ4n) is 0.893. The van der Waals surface area contributed by atoms with Gasteiger partial charge in [0.15, 0.2) is 6.29 Å². The standard InChI is InChI=1S/C10H21O4/c1-4-11-7-8-14-10(13-6-3)9-12-5-2/h10H,2,4-9H2,1,3H3. The summed E-state index contributed by atoms with van der Waals surface area (Å²) >= 11 is 0. The lowest BCUT2D eigenvalue weighted by Crippen LogP contribution is -2.25. The quantitative estimate of drug-likeness (QED) is 0.397. The fraction of sp³-hybridized carbons (Fsp3) is 0.900. The van der Waals surface area contributed by atoms with Crippen molar-refractivity contribution in [3.63, 3.8) is 0 Å². The predicted molar refractivity (Wildman–Crippen MR) is 54.0 cm³/mol. The Balaban J connectivity index is 3.40. The fourth-order valence-corrected chi connectivity index (χ4v) is 0.893. The van der Waals surface area contributed by atoms with Crippen molar-refractivity contribution in [2.24, 2.45) is 0 Å². The topological polar surface area (TPSA) is 36.9 Å². The Morgan fingerprint density at radius 3 is 2.36 bits per heavy atom. The van der Waals surface area contributed by atoms with Gasteiger partial charge in [-0.25, -0.2) is 0 Å². The highest BCUT2D eigenvalue weighted by atomic mass is 16.7. The van der Waals surface area contributed by atoms with Gasteiger partial charge in [0, 0.05) is 19.8 Å². The molecular formula is C10H21O4. The molecule has 0 saturated heterocycles. The van der Waals surface area contributed by atoms with Crippen molar-refractivity contribution < 1.29 is 18.9 Å². The van der Waals surface area contributed by atoms with Crippen molar-refractivity contribution in [2.45, 2.75) is 20.1 Å². The van der Waals surface area contributed by atoms with E-state index in [1.54, 1.807) is 0 Å². The second-order valence-corrected chi connectivity index (χ2v) is 2.53. The zero-order chi connectivity index (χ0) is 10.6. The molecule has 0 fully saturated rings. The lowest BCUT2D eigenvalue weighted by Gasteiger charge is -2.17. The number of ether oxygens (including phenoxy) is 4. The first-order chi connectivity index (χ1) is 6.85. The van der Waals surface area contributed by atoms with Crippen molar-refractivity contribution in [3.8, 4) is 0 Å². The molecule has 0 N–H and O–H groups in total. The van der Waals surface area contributed by atoms with Gasteiger partial charge in [-0.1, -0.05) is 0 Å². The van der Waals surface area contributed by atoms with E-state index in [-0.39, 0.29) is 6.29 Å². The van der Waals surface area contributed by atoms with Crippen LogP contribution in [-0.4, -0.2) is 45.9 Å². The second kappa shape index (κ2) is 10.9. The molecule has 4 heteroatoms. The maximum atomic E-state index is 5.39. The van der Waals surface area contributed by atoms with E-state index in [4.69, 9.17) is 18.9 Å². The smallest absolute Gasteiger partial charge is 0.180 e. The van der Waals surface area contributed by atoms with Crippen LogP contribution < -0.4 is 0 Å². The second-order valence-electron chi connectivity index (χ2n) is 2.53. The Kier molecular flexibility index (Phi) is 10.8. The molecule has 0 aromatic rings. The summed E-state index contributed by atoms with van der Waals surface area (Å²) in [5.74, 6) is 0. The van der Waals surface area contributed by atoms with Crippen LogP contribution in [0.5, 0.6) is 0 Å². The Bertz CT molecular complexity index is 108. The van der Waals surface area contributed by atoms with Gasteiger partial charge < -0.3 is 18.9 Å². The Labute approximate surface area is 86.5 Å². The van der Waals surface area contributed by atoms with E-state index in [0.29, 0.717) is 39.6 Å². The van der Waals surface area contributed by atoms with Crippen LogP contribution in [0, 0.1) is 6.92 Å². The molecule has 0 aliphatic rings. The first-order valence-corrected chi connectivity index (χ1v) is 5.03. The molecule has 0 spiro atoms. The third-order valence-electron chi connectivity index (χ3n) is 1.49. The van der Waals surface area contributed by atoms with Gasteiger partial charge in [-0.15, -0.1) is 0 Å². The zero-order valence-corrected chi connectivity index (χ0v) is 9.16. The van der Waals surface area contributed by atoms with Crippen LogP contribution in [0.15, 0.2) is 0 Å². The van der Waals surface area contributed by atoms with Crippen molar-refractivity contribution in [3.05, 3.63) is 6.92 Å². The summed E-state index contributed by atoms with van der Waals surface area (Å²) in [6.45, 7) is 10.7. The van der Waals surface area contributed by atoms with Crippen molar-refractivity contribution in [2.75, 3.05) is 39.6 Å². The van der Waals surface area contributed by atoms with Crippen molar-refractivity contribution in [1.29, 1.82) is 0 Å². The molecule has 0 saturated carbocycles. The Morgan fingerprint density at radius 1 is 1.00 bits per heavy atom. The largest absolute Gasteiger partial charge is 0.379 e. The summed E-state index contributed by atoms with van der Waals surface area (Å²) in [4.78, 5) is 0. The molecule has 0 heterocycles. The van der Waals surface area contributed by atoms with Crippen LogP contribution in [0.25, 0.3) is 0 Å². The van der Waals surface area contributed by atoms with Crippen LogP contribution in [0.1, 0.15) is 13.8 Å². The summed E-state index contributed by atoms with van der Waals surface area (Å²) in [5.41, 5.74) is 0. The van der Waals surface area contributed by atoms with Crippen LogP contribution in [0.2, 0.25) is 0 Å². The third kappa shape index (κ3) is 8.44. The van der Waals surface area contributed by atoms with Crippen LogP contribution in [-0.2, 0) is 18.9 Å². The molecule has 1 radical (unpaired) electrons. The molecule has 1 atom stereocenters. The summed E-state index contributed by atoms with van der Waals surface area (Å²) in [6, 6.07) is 0. The highest BCUT2D eigenvalue weighted by Crippen LogP contribution is 1.96. The van der Waals surface area contributed by atoms with Gasteiger partial charge >= 0.3 is 0 Å².